The van der Waals surface area contributed by atoms with Crippen molar-refractivity contribution in [3.05, 3.63) is 55.2 Å². The lowest BCUT2D eigenvalue weighted by molar-refractivity contribution is 0.299. The number of H-pyrrole nitrogens is 1. The third-order valence-electron chi connectivity index (χ3n) is 2.84. The van der Waals surface area contributed by atoms with Crippen molar-refractivity contribution in [2.45, 2.75) is 6.54 Å². The first-order valence-corrected chi connectivity index (χ1v) is 6.11. The predicted octanol–water partition coefficient (Wildman–Crippen LogP) is 2.35. The maximum atomic E-state index is 5.84. The summed E-state index contributed by atoms with van der Waals surface area (Å²) < 4.78 is 7.82. The molecule has 0 unspecified atom stereocenters. The minimum absolute atomic E-state index is 0.599. The number of imidazole rings is 1. The van der Waals surface area contributed by atoms with E-state index in [2.05, 4.69) is 15.2 Å². The van der Waals surface area contributed by atoms with E-state index in [1.54, 1.807) is 18.7 Å². The fraction of sp³-hybridized carbons (Fsp3) is 0.143. The van der Waals surface area contributed by atoms with E-state index in [1.165, 1.54) is 0 Å². The normalized spacial score (nSPS) is 10.5. The second-order valence-electron chi connectivity index (χ2n) is 4.12. The van der Waals surface area contributed by atoms with E-state index >= 15 is 0 Å². The molecule has 2 aromatic heterocycles. The summed E-state index contributed by atoms with van der Waals surface area (Å²) in [5, 5.41) is 6.92. The van der Waals surface area contributed by atoms with E-state index in [-0.39, 0.29) is 0 Å². The Balaban J connectivity index is 1.71. The summed E-state index contributed by atoms with van der Waals surface area (Å²) in [6.45, 7) is 1.37. The first kappa shape index (κ1) is 11.5. The highest BCUT2D eigenvalue weighted by atomic mass is 16.5. The summed E-state index contributed by atoms with van der Waals surface area (Å²) in [6, 6.07) is 9.85. The molecule has 0 bridgehead atoms. The van der Waals surface area contributed by atoms with E-state index < -0.39 is 0 Å². The average Bonchev–Trinajstić information content (AvgIpc) is 3.12. The molecule has 0 aliphatic carbocycles. The van der Waals surface area contributed by atoms with Gasteiger partial charge >= 0.3 is 0 Å². The number of nitrogens with zero attached hydrogens (tertiary/aromatic N) is 3. The van der Waals surface area contributed by atoms with E-state index in [0.717, 1.165) is 23.6 Å². The molecule has 0 fully saturated rings. The van der Waals surface area contributed by atoms with Crippen LogP contribution in [-0.2, 0) is 6.54 Å². The minimum atomic E-state index is 0.599. The monoisotopic (exact) mass is 254 g/mol. The Morgan fingerprint density at radius 1 is 1.16 bits per heavy atom. The van der Waals surface area contributed by atoms with Gasteiger partial charge < -0.3 is 9.30 Å². The first-order chi connectivity index (χ1) is 9.43. The molecule has 0 spiro atoms. The Morgan fingerprint density at radius 2 is 2.11 bits per heavy atom. The lowest BCUT2D eigenvalue weighted by Gasteiger charge is -2.10. The molecule has 0 atom stereocenters. The molecule has 19 heavy (non-hydrogen) atoms. The molecule has 96 valence electrons. The Kier molecular flexibility index (Phi) is 3.27. The summed E-state index contributed by atoms with van der Waals surface area (Å²) in [7, 11) is 0. The van der Waals surface area contributed by atoms with Gasteiger partial charge in [0.25, 0.3) is 0 Å². The maximum Gasteiger partial charge on any atom is 0.128 e. The van der Waals surface area contributed by atoms with Crippen LogP contribution in [-0.4, -0.2) is 26.4 Å². The van der Waals surface area contributed by atoms with E-state index in [9.17, 15) is 0 Å². The standard InChI is InChI=1S/C14H14N4O/c1-2-4-14(12(3-1)13-5-6-16-17-13)19-10-9-18-8-7-15-11-18/h1-8,11H,9-10H2,(H,16,17). The van der Waals surface area contributed by atoms with Crippen LogP contribution in [0.15, 0.2) is 55.2 Å². The number of hydrogen-bond acceptors (Lipinski definition) is 3. The molecule has 1 N–H and O–H groups in total. The van der Waals surface area contributed by atoms with Crippen LogP contribution >= 0.6 is 0 Å². The Labute approximate surface area is 110 Å². The number of hydrogen-bond donors (Lipinski definition) is 1. The number of aromatic amines is 1. The van der Waals surface area contributed by atoms with Gasteiger partial charge in [-0.15, -0.1) is 0 Å². The highest BCUT2D eigenvalue weighted by Gasteiger charge is 2.06. The van der Waals surface area contributed by atoms with E-state index in [1.807, 2.05) is 41.1 Å². The van der Waals surface area contributed by atoms with Gasteiger partial charge in [0.1, 0.15) is 12.4 Å². The second kappa shape index (κ2) is 5.39. The highest BCUT2D eigenvalue weighted by molar-refractivity contribution is 5.66. The van der Waals surface area contributed by atoms with Gasteiger partial charge in [-0.3, -0.25) is 5.10 Å². The molecule has 2 heterocycles. The van der Waals surface area contributed by atoms with E-state index in [4.69, 9.17) is 4.74 Å². The topological polar surface area (TPSA) is 55.7 Å². The maximum absolute atomic E-state index is 5.84. The third-order valence-corrected chi connectivity index (χ3v) is 2.84. The molecule has 3 aromatic rings. The summed E-state index contributed by atoms with van der Waals surface area (Å²) >= 11 is 0. The molecule has 0 aliphatic rings. The Morgan fingerprint density at radius 3 is 2.89 bits per heavy atom. The fourth-order valence-electron chi connectivity index (χ4n) is 1.90. The van der Waals surface area contributed by atoms with Crippen LogP contribution in [0.2, 0.25) is 0 Å². The second-order valence-corrected chi connectivity index (χ2v) is 4.12. The third kappa shape index (κ3) is 2.65. The van der Waals surface area contributed by atoms with Crippen LogP contribution < -0.4 is 4.74 Å². The van der Waals surface area contributed by atoms with Gasteiger partial charge in [-0.25, -0.2) is 4.98 Å². The van der Waals surface area contributed by atoms with Crippen molar-refractivity contribution < 1.29 is 4.74 Å². The molecule has 0 aliphatic heterocycles. The molecule has 0 saturated carbocycles. The van der Waals surface area contributed by atoms with Crippen LogP contribution in [0.4, 0.5) is 0 Å². The van der Waals surface area contributed by atoms with Gasteiger partial charge in [0.05, 0.1) is 18.6 Å². The summed E-state index contributed by atoms with van der Waals surface area (Å²) in [5.41, 5.74) is 1.98. The van der Waals surface area contributed by atoms with Gasteiger partial charge in [-0.2, -0.15) is 5.10 Å². The first-order valence-electron chi connectivity index (χ1n) is 6.11. The van der Waals surface area contributed by atoms with Crippen molar-refractivity contribution in [2.24, 2.45) is 0 Å². The lowest BCUT2D eigenvalue weighted by atomic mass is 10.1. The molecule has 3 rings (SSSR count). The number of benzene rings is 1. The number of aromatic nitrogens is 4. The number of ether oxygens (including phenoxy) is 1. The zero-order valence-electron chi connectivity index (χ0n) is 10.4. The molecule has 1 aromatic carbocycles. The summed E-state index contributed by atoms with van der Waals surface area (Å²) in [6.07, 6.45) is 7.20. The van der Waals surface area contributed by atoms with Gasteiger partial charge in [0.2, 0.25) is 0 Å². The van der Waals surface area contributed by atoms with Gasteiger partial charge in [0.15, 0.2) is 0 Å². The van der Waals surface area contributed by atoms with Gasteiger partial charge in [0, 0.05) is 24.2 Å². The Hall–Kier alpha value is -2.56. The zero-order chi connectivity index (χ0) is 12.9. The number of nitrogens with one attached hydrogen (secondary N) is 1. The van der Waals surface area contributed by atoms with Crippen molar-refractivity contribution in [1.29, 1.82) is 0 Å². The van der Waals surface area contributed by atoms with Crippen LogP contribution in [0.25, 0.3) is 11.3 Å². The van der Waals surface area contributed by atoms with Crippen LogP contribution in [0.5, 0.6) is 5.75 Å². The quantitative estimate of drug-likeness (QED) is 0.760. The lowest BCUT2D eigenvalue weighted by Crippen LogP contribution is -2.07. The molecular weight excluding hydrogens is 240 g/mol. The zero-order valence-corrected chi connectivity index (χ0v) is 10.4. The average molecular weight is 254 g/mol. The largest absolute Gasteiger partial charge is 0.491 e. The van der Waals surface area contributed by atoms with Crippen molar-refractivity contribution in [3.8, 4) is 17.0 Å². The Bertz CT molecular complexity index is 617. The SMILES string of the molecule is c1ccc(-c2ccn[nH]2)c(OCCn2ccnc2)c1. The van der Waals surface area contributed by atoms with Crippen molar-refractivity contribution in [1.82, 2.24) is 19.7 Å². The summed E-state index contributed by atoms with van der Waals surface area (Å²) in [4.78, 5) is 4.00. The molecule has 5 nitrogen and oxygen atoms in total. The molecule has 0 amide bonds. The number of para-hydroxylation sites is 1. The smallest absolute Gasteiger partial charge is 0.128 e. The van der Waals surface area contributed by atoms with Crippen LogP contribution in [0.1, 0.15) is 0 Å². The summed E-state index contributed by atoms with van der Waals surface area (Å²) in [5.74, 6) is 0.854. The van der Waals surface area contributed by atoms with Crippen LogP contribution in [0, 0.1) is 0 Å². The highest BCUT2D eigenvalue weighted by Crippen LogP contribution is 2.27. The van der Waals surface area contributed by atoms with E-state index in [0.29, 0.717) is 6.61 Å². The minimum Gasteiger partial charge on any atom is -0.491 e. The fourth-order valence-corrected chi connectivity index (χ4v) is 1.90. The number of rotatable bonds is 5. The molecule has 0 radical (unpaired) electrons. The van der Waals surface area contributed by atoms with Crippen LogP contribution in [0.3, 0.4) is 0 Å². The van der Waals surface area contributed by atoms with Gasteiger partial charge in [-0.1, -0.05) is 12.1 Å². The molecule has 0 saturated heterocycles. The molecule has 5 heteroatoms. The van der Waals surface area contributed by atoms with Crippen molar-refractivity contribution >= 4 is 0 Å². The van der Waals surface area contributed by atoms with Crippen molar-refractivity contribution in [3.63, 3.8) is 0 Å². The molecular formula is C14H14N4O. The predicted molar refractivity (Wildman–Crippen MR) is 71.7 cm³/mol. The van der Waals surface area contributed by atoms with Gasteiger partial charge in [-0.05, 0) is 18.2 Å². The van der Waals surface area contributed by atoms with Crippen molar-refractivity contribution in [2.75, 3.05) is 6.61 Å².